The Balaban J connectivity index is 1.71. The van der Waals surface area contributed by atoms with Crippen LogP contribution in [0.4, 0.5) is 0 Å². The van der Waals surface area contributed by atoms with Crippen LogP contribution < -0.4 is 0 Å². The van der Waals surface area contributed by atoms with Crippen LogP contribution in [0.25, 0.3) is 0 Å². The number of hydrogen-bond donors (Lipinski definition) is 0. The minimum Gasteiger partial charge on any atom is -0.465 e. The lowest BCUT2D eigenvalue weighted by Gasteiger charge is -2.35. The van der Waals surface area contributed by atoms with E-state index in [-0.39, 0.29) is 36.0 Å². The molecule has 0 amide bonds. The van der Waals surface area contributed by atoms with Gasteiger partial charge in [-0.25, -0.2) is 13.2 Å². The van der Waals surface area contributed by atoms with E-state index in [2.05, 4.69) is 4.74 Å². The van der Waals surface area contributed by atoms with Gasteiger partial charge in [-0.05, 0) is 24.3 Å². The molecule has 0 unspecified atom stereocenters. The molecule has 0 aliphatic carbocycles. The van der Waals surface area contributed by atoms with E-state index in [9.17, 15) is 21.6 Å². The van der Waals surface area contributed by atoms with Crippen LogP contribution in [0.15, 0.2) is 16.3 Å². The quantitative estimate of drug-likeness (QED) is 0.618. The predicted octanol–water partition coefficient (Wildman–Crippen LogP) is 0.962. The van der Waals surface area contributed by atoms with Crippen molar-refractivity contribution in [3.8, 4) is 0 Å². The van der Waals surface area contributed by atoms with Crippen LogP contribution in [0.5, 0.6) is 0 Å². The number of rotatable bonds is 5. The molecule has 9 nitrogen and oxygen atoms in total. The van der Waals surface area contributed by atoms with Gasteiger partial charge in [0, 0.05) is 39.3 Å². The Morgan fingerprint density at radius 3 is 2.00 bits per heavy atom. The van der Waals surface area contributed by atoms with Gasteiger partial charge >= 0.3 is 5.97 Å². The van der Waals surface area contributed by atoms with Crippen LogP contribution >= 0.6 is 11.3 Å². The lowest BCUT2D eigenvalue weighted by Crippen LogP contribution is -2.54. The fourth-order valence-corrected chi connectivity index (χ4v) is 7.86. The monoisotopic (exact) mass is 451 g/mol. The molecule has 0 aromatic carbocycles. The molecule has 1 aromatic rings. The highest BCUT2D eigenvalue weighted by Gasteiger charge is 2.37. The van der Waals surface area contributed by atoms with Crippen molar-refractivity contribution in [2.24, 2.45) is 0 Å². The van der Waals surface area contributed by atoms with Gasteiger partial charge in [0.15, 0.2) is 0 Å². The maximum Gasteiger partial charge on any atom is 0.349 e. The number of hydrogen-bond acceptors (Lipinski definition) is 7. The Morgan fingerprint density at radius 2 is 1.43 bits per heavy atom. The number of piperazine rings is 1. The minimum absolute atomic E-state index is 0.0297. The maximum absolute atomic E-state index is 12.9. The van der Waals surface area contributed by atoms with Gasteiger partial charge < -0.3 is 4.74 Å². The average molecular weight is 452 g/mol. The van der Waals surface area contributed by atoms with Crippen molar-refractivity contribution >= 4 is 37.5 Å². The highest BCUT2D eigenvalue weighted by atomic mass is 32.2. The molecule has 0 radical (unpaired) electrons. The standard InChI is InChI=1S/C16H25N3O6S3/c1-25-16(20)15-14(6-13-26-15)27(21,22)17-9-11-19(12-10-17)28(23,24)18-7-4-2-3-5-8-18/h6,13H,2-5,7-12H2,1H3. The van der Waals surface area contributed by atoms with Crippen LogP contribution in [-0.4, -0.2) is 82.1 Å². The zero-order valence-electron chi connectivity index (χ0n) is 15.7. The zero-order valence-corrected chi connectivity index (χ0v) is 18.2. The summed E-state index contributed by atoms with van der Waals surface area (Å²) in [5.74, 6) is -0.698. The summed E-state index contributed by atoms with van der Waals surface area (Å²) in [6.07, 6.45) is 3.76. The fourth-order valence-electron chi connectivity index (χ4n) is 3.46. The highest BCUT2D eigenvalue weighted by Crippen LogP contribution is 2.27. The van der Waals surface area contributed by atoms with Gasteiger partial charge in [0.25, 0.3) is 10.2 Å². The van der Waals surface area contributed by atoms with Crippen LogP contribution in [0.2, 0.25) is 0 Å². The molecule has 158 valence electrons. The first-order valence-electron chi connectivity index (χ1n) is 9.19. The maximum atomic E-state index is 12.9. The van der Waals surface area contributed by atoms with Crippen molar-refractivity contribution in [1.29, 1.82) is 0 Å². The van der Waals surface area contributed by atoms with Crippen molar-refractivity contribution in [3.63, 3.8) is 0 Å². The molecular weight excluding hydrogens is 426 g/mol. The van der Waals surface area contributed by atoms with E-state index >= 15 is 0 Å². The molecule has 0 bridgehead atoms. The molecule has 2 fully saturated rings. The molecule has 3 heterocycles. The summed E-state index contributed by atoms with van der Waals surface area (Å²) in [7, 11) is -6.28. The van der Waals surface area contributed by atoms with E-state index in [0.29, 0.717) is 13.1 Å². The van der Waals surface area contributed by atoms with Crippen molar-refractivity contribution in [2.45, 2.75) is 30.6 Å². The number of esters is 1. The first-order chi connectivity index (χ1) is 13.3. The number of sulfonamides is 1. The predicted molar refractivity (Wildman–Crippen MR) is 105 cm³/mol. The SMILES string of the molecule is COC(=O)c1sccc1S(=O)(=O)N1CCN(S(=O)(=O)N2CCCCCC2)CC1. The molecule has 2 saturated heterocycles. The third-order valence-corrected chi connectivity index (χ3v) is 10.0. The molecule has 0 saturated carbocycles. The first kappa shape index (κ1) is 21.7. The van der Waals surface area contributed by atoms with E-state index in [0.717, 1.165) is 37.0 Å². The summed E-state index contributed by atoms with van der Waals surface area (Å²) in [5.41, 5.74) is 0. The van der Waals surface area contributed by atoms with Gasteiger partial charge in [-0.15, -0.1) is 11.3 Å². The molecular formula is C16H25N3O6S3. The smallest absolute Gasteiger partial charge is 0.349 e. The topological polar surface area (TPSA) is 104 Å². The highest BCUT2D eigenvalue weighted by molar-refractivity contribution is 7.89. The molecule has 1 aromatic heterocycles. The summed E-state index contributed by atoms with van der Waals surface area (Å²) >= 11 is 1.01. The van der Waals surface area contributed by atoms with E-state index in [1.807, 2.05) is 0 Å². The Kier molecular flexibility index (Phi) is 6.77. The second-order valence-corrected chi connectivity index (χ2v) is 11.5. The summed E-state index contributed by atoms with van der Waals surface area (Å²) < 4.78 is 60.4. The number of carbonyl (C=O) groups is 1. The second kappa shape index (κ2) is 8.76. The van der Waals surface area contributed by atoms with Crippen LogP contribution in [0.3, 0.4) is 0 Å². The number of methoxy groups -OCH3 is 1. The molecule has 12 heteroatoms. The van der Waals surface area contributed by atoms with Gasteiger partial charge in [0.2, 0.25) is 10.0 Å². The molecule has 0 atom stereocenters. The van der Waals surface area contributed by atoms with Gasteiger partial charge in [-0.2, -0.15) is 21.3 Å². The molecule has 0 N–H and O–H groups in total. The third kappa shape index (κ3) is 4.26. The Bertz CT molecular complexity index is 896. The lowest BCUT2D eigenvalue weighted by atomic mass is 10.2. The van der Waals surface area contributed by atoms with Crippen LogP contribution in [0.1, 0.15) is 35.4 Å². The summed E-state index contributed by atoms with van der Waals surface area (Å²) in [6, 6.07) is 1.38. The molecule has 28 heavy (non-hydrogen) atoms. The van der Waals surface area contributed by atoms with Crippen molar-refractivity contribution < 1.29 is 26.4 Å². The third-order valence-electron chi connectivity index (χ3n) is 5.03. The van der Waals surface area contributed by atoms with Crippen molar-refractivity contribution in [1.82, 2.24) is 12.9 Å². The van der Waals surface area contributed by atoms with E-state index in [4.69, 9.17) is 0 Å². The molecule has 2 aliphatic rings. The number of nitrogens with zero attached hydrogens (tertiary/aromatic N) is 3. The summed E-state index contributed by atoms with van der Waals surface area (Å²) in [6.45, 7) is 1.31. The Hall–Kier alpha value is -1.05. The number of carbonyl (C=O) groups excluding carboxylic acids is 1. The van der Waals surface area contributed by atoms with E-state index < -0.39 is 26.2 Å². The van der Waals surface area contributed by atoms with E-state index in [1.165, 1.54) is 31.5 Å². The van der Waals surface area contributed by atoms with Crippen molar-refractivity contribution in [2.75, 3.05) is 46.4 Å². The fraction of sp³-hybridized carbons (Fsp3) is 0.688. The normalized spacial score (nSPS) is 21.3. The molecule has 2 aliphatic heterocycles. The number of ether oxygens (including phenoxy) is 1. The van der Waals surface area contributed by atoms with Gasteiger partial charge in [-0.1, -0.05) is 12.8 Å². The van der Waals surface area contributed by atoms with Crippen molar-refractivity contribution in [3.05, 3.63) is 16.3 Å². The van der Waals surface area contributed by atoms with Crippen LogP contribution in [0, 0.1) is 0 Å². The number of thiophene rings is 1. The first-order valence-corrected chi connectivity index (χ1v) is 12.9. The second-order valence-electron chi connectivity index (χ2n) is 6.73. The van der Waals surface area contributed by atoms with E-state index in [1.54, 1.807) is 0 Å². The molecule has 0 spiro atoms. The summed E-state index contributed by atoms with van der Waals surface area (Å²) in [4.78, 5) is 11.8. The zero-order chi connectivity index (χ0) is 20.4. The van der Waals surface area contributed by atoms with Gasteiger partial charge in [0.1, 0.15) is 9.77 Å². The largest absolute Gasteiger partial charge is 0.465 e. The Labute approximate surface area is 170 Å². The summed E-state index contributed by atoms with van der Waals surface area (Å²) in [5, 5.41) is 1.53. The lowest BCUT2D eigenvalue weighted by molar-refractivity contribution is 0.0602. The minimum atomic E-state index is -3.90. The van der Waals surface area contributed by atoms with Crippen LogP contribution in [-0.2, 0) is 25.0 Å². The molecule has 3 rings (SSSR count). The average Bonchev–Trinajstić information content (AvgIpc) is 3.03. The Morgan fingerprint density at radius 1 is 0.893 bits per heavy atom. The van der Waals surface area contributed by atoms with Gasteiger partial charge in [0.05, 0.1) is 7.11 Å². The van der Waals surface area contributed by atoms with Gasteiger partial charge in [-0.3, -0.25) is 0 Å².